The summed E-state index contributed by atoms with van der Waals surface area (Å²) in [6, 6.07) is 12.3. The first-order valence-electron chi connectivity index (χ1n) is 14.1. The maximum absolute atomic E-state index is 13.6. The van der Waals surface area contributed by atoms with E-state index in [4.69, 9.17) is 9.47 Å². The Bertz CT molecular complexity index is 1560. The minimum Gasteiger partial charge on any atom is -0.491 e. The number of nitrogens with zero attached hydrogens (tertiary/aromatic N) is 2. The number of benzene rings is 2. The van der Waals surface area contributed by atoms with Crippen LogP contribution in [0.15, 0.2) is 73.2 Å². The number of aromatic nitrogens is 1. The third-order valence-corrected chi connectivity index (χ3v) is 7.33. The van der Waals surface area contributed by atoms with E-state index in [1.807, 2.05) is 13.8 Å². The number of halogens is 6. The molecule has 2 N–H and O–H groups in total. The number of rotatable bonds is 10. The number of hydrogen-bond donors (Lipinski definition) is 2. The van der Waals surface area contributed by atoms with Crippen LogP contribution in [0.3, 0.4) is 0 Å². The number of ether oxygens (including phenoxy) is 2. The van der Waals surface area contributed by atoms with Crippen LogP contribution in [-0.2, 0) is 28.9 Å². The summed E-state index contributed by atoms with van der Waals surface area (Å²) in [6.07, 6.45) is -10.2. The van der Waals surface area contributed by atoms with Crippen molar-refractivity contribution in [3.8, 4) is 17.2 Å². The van der Waals surface area contributed by atoms with Crippen LogP contribution in [0, 0.1) is 0 Å². The Kier molecular flexibility index (Phi) is 9.16. The van der Waals surface area contributed by atoms with Crippen molar-refractivity contribution in [2.45, 2.75) is 76.7 Å². The molecule has 1 aliphatic rings. The zero-order valence-electron chi connectivity index (χ0n) is 25.0. The van der Waals surface area contributed by atoms with Crippen molar-refractivity contribution in [2.24, 2.45) is 0 Å². The van der Waals surface area contributed by atoms with E-state index in [1.165, 1.54) is 23.2 Å². The van der Waals surface area contributed by atoms with Crippen molar-refractivity contribution >= 4 is 5.91 Å². The second-order valence-electron chi connectivity index (χ2n) is 11.1. The molecule has 0 radical (unpaired) electrons. The van der Waals surface area contributed by atoms with Crippen LogP contribution >= 0.6 is 0 Å². The van der Waals surface area contributed by atoms with Crippen molar-refractivity contribution in [2.75, 3.05) is 0 Å². The van der Waals surface area contributed by atoms with Crippen molar-refractivity contribution in [1.82, 2.24) is 15.2 Å². The smallest absolute Gasteiger partial charge is 0.430 e. The van der Waals surface area contributed by atoms with Crippen molar-refractivity contribution in [3.63, 3.8) is 0 Å². The van der Waals surface area contributed by atoms with Gasteiger partial charge in [0.25, 0.3) is 11.5 Å². The summed E-state index contributed by atoms with van der Waals surface area (Å²) in [7, 11) is 0. The SMILES string of the molecule is C=C1NC(C)(c2cccc(OC(C)C)c2)C(=O)N1Cc1cc(Oc2ccc(C(O)(C(F)(F)F)C(F)(F)F)cc2CCC)ccn1. The molecular formula is C32H33F6N3O4. The van der Waals surface area contributed by atoms with Gasteiger partial charge >= 0.3 is 12.4 Å². The highest BCUT2D eigenvalue weighted by Crippen LogP contribution is 2.50. The third-order valence-electron chi connectivity index (χ3n) is 7.33. The maximum Gasteiger partial charge on any atom is 0.430 e. The number of carbonyl (C=O) groups is 1. The first kappa shape index (κ1) is 33.6. The Balaban J connectivity index is 1.58. The number of nitrogens with one attached hydrogen (secondary N) is 1. The van der Waals surface area contributed by atoms with E-state index in [2.05, 4.69) is 16.9 Å². The molecule has 1 saturated heterocycles. The normalized spacial score (nSPS) is 17.6. The number of aryl methyl sites for hydroxylation is 1. The number of pyridine rings is 1. The fourth-order valence-electron chi connectivity index (χ4n) is 5.07. The fourth-order valence-corrected chi connectivity index (χ4v) is 5.07. The summed E-state index contributed by atoms with van der Waals surface area (Å²) in [5.41, 5.74) is -6.49. The fraction of sp³-hybridized carbons (Fsp3) is 0.375. The van der Waals surface area contributed by atoms with Gasteiger partial charge in [-0.25, -0.2) is 0 Å². The van der Waals surface area contributed by atoms with Crippen LogP contribution in [0.25, 0.3) is 0 Å². The van der Waals surface area contributed by atoms with E-state index >= 15 is 0 Å². The zero-order valence-corrected chi connectivity index (χ0v) is 25.0. The summed E-state index contributed by atoms with van der Waals surface area (Å²) in [4.78, 5) is 19.3. The van der Waals surface area contributed by atoms with Gasteiger partial charge in [-0.15, -0.1) is 0 Å². The topological polar surface area (TPSA) is 83.9 Å². The van der Waals surface area contributed by atoms with E-state index < -0.39 is 29.1 Å². The van der Waals surface area contributed by atoms with Crippen molar-refractivity contribution in [1.29, 1.82) is 0 Å². The van der Waals surface area contributed by atoms with Crippen molar-refractivity contribution in [3.05, 3.63) is 95.6 Å². The summed E-state index contributed by atoms with van der Waals surface area (Å²) < 4.78 is 92.5. The van der Waals surface area contributed by atoms with E-state index in [0.717, 1.165) is 6.07 Å². The summed E-state index contributed by atoms with van der Waals surface area (Å²) in [5.74, 6) is 0.812. The van der Waals surface area contributed by atoms with Crippen LogP contribution < -0.4 is 14.8 Å². The minimum absolute atomic E-state index is 0.00356. The first-order chi connectivity index (χ1) is 20.9. The van der Waals surface area contributed by atoms with Gasteiger partial charge in [-0.2, -0.15) is 26.3 Å². The predicted molar refractivity (Wildman–Crippen MR) is 153 cm³/mol. The molecule has 4 rings (SSSR count). The molecule has 1 fully saturated rings. The maximum atomic E-state index is 13.6. The highest BCUT2D eigenvalue weighted by atomic mass is 19.4. The predicted octanol–water partition coefficient (Wildman–Crippen LogP) is 7.24. The molecule has 0 spiro atoms. The number of carbonyl (C=O) groups excluding carboxylic acids is 1. The van der Waals surface area contributed by atoms with Gasteiger partial charge in [0.1, 0.15) is 28.6 Å². The summed E-state index contributed by atoms with van der Waals surface area (Å²) in [6.45, 7) is 11.2. The van der Waals surface area contributed by atoms with E-state index in [-0.39, 0.29) is 42.0 Å². The molecule has 3 aromatic rings. The summed E-state index contributed by atoms with van der Waals surface area (Å²) in [5, 5.41) is 13.0. The lowest BCUT2D eigenvalue weighted by atomic mass is 9.90. The molecule has 13 heteroatoms. The third kappa shape index (κ3) is 6.58. The van der Waals surface area contributed by atoms with Gasteiger partial charge in [0.05, 0.1) is 18.3 Å². The molecule has 1 aromatic heterocycles. The Morgan fingerprint density at radius 3 is 2.33 bits per heavy atom. The second kappa shape index (κ2) is 12.3. The van der Waals surface area contributed by atoms with Gasteiger partial charge in [0.2, 0.25) is 0 Å². The van der Waals surface area contributed by atoms with Gasteiger partial charge in [0, 0.05) is 17.8 Å². The molecule has 45 heavy (non-hydrogen) atoms. The molecule has 0 bridgehead atoms. The molecule has 2 heterocycles. The quantitative estimate of drug-likeness (QED) is 0.228. The highest BCUT2D eigenvalue weighted by molar-refractivity contribution is 5.91. The molecule has 7 nitrogen and oxygen atoms in total. The van der Waals surface area contributed by atoms with E-state index in [1.54, 1.807) is 38.1 Å². The van der Waals surface area contributed by atoms with Gasteiger partial charge in [0.15, 0.2) is 0 Å². The van der Waals surface area contributed by atoms with Crippen LogP contribution in [0.5, 0.6) is 17.2 Å². The van der Waals surface area contributed by atoms with E-state index in [0.29, 0.717) is 41.4 Å². The lowest BCUT2D eigenvalue weighted by Crippen LogP contribution is -2.53. The molecule has 1 aliphatic heterocycles. The van der Waals surface area contributed by atoms with E-state index in [9.17, 15) is 36.2 Å². The van der Waals surface area contributed by atoms with Gasteiger partial charge in [-0.3, -0.25) is 14.7 Å². The van der Waals surface area contributed by atoms with Crippen LogP contribution in [0.2, 0.25) is 0 Å². The first-order valence-corrected chi connectivity index (χ1v) is 14.1. The largest absolute Gasteiger partial charge is 0.491 e. The van der Waals surface area contributed by atoms with Gasteiger partial charge in [-0.1, -0.05) is 38.1 Å². The number of aliphatic hydroxyl groups is 1. The molecule has 1 unspecified atom stereocenters. The summed E-state index contributed by atoms with van der Waals surface area (Å²) >= 11 is 0. The number of amides is 1. The van der Waals surface area contributed by atoms with Crippen LogP contribution in [0.4, 0.5) is 26.3 Å². The van der Waals surface area contributed by atoms with Gasteiger partial charge in [-0.05, 0) is 68.7 Å². The Hall–Kier alpha value is -4.26. The Morgan fingerprint density at radius 1 is 1.02 bits per heavy atom. The van der Waals surface area contributed by atoms with Crippen LogP contribution in [-0.4, -0.2) is 39.4 Å². The lowest BCUT2D eigenvalue weighted by Gasteiger charge is -2.33. The molecule has 242 valence electrons. The Morgan fingerprint density at radius 2 is 1.71 bits per heavy atom. The average molecular weight is 638 g/mol. The zero-order chi connectivity index (χ0) is 33.4. The standard InChI is InChI=1S/C32H33F6N3O4/c1-6-8-21-15-23(30(43,31(33,34)35)32(36,37)38)11-12-27(21)45-26-13-14-39-24(17-26)18-41-20(4)40-29(5,28(41)42)22-9-7-10-25(16-22)44-19(2)3/h7,9-17,19,40,43H,4,6,8,18H2,1-3,5H3. The highest BCUT2D eigenvalue weighted by Gasteiger charge is 2.71. The monoisotopic (exact) mass is 637 g/mol. The van der Waals surface area contributed by atoms with Crippen molar-refractivity contribution < 1.29 is 45.7 Å². The number of alkyl halides is 6. The molecule has 1 amide bonds. The lowest BCUT2D eigenvalue weighted by molar-refractivity contribution is -0.376. The minimum atomic E-state index is -6.01. The molecule has 2 aromatic carbocycles. The second-order valence-corrected chi connectivity index (χ2v) is 11.1. The molecule has 0 aliphatic carbocycles. The van der Waals surface area contributed by atoms with Crippen LogP contribution in [0.1, 0.15) is 56.5 Å². The molecule has 1 atom stereocenters. The Labute approximate surface area is 256 Å². The molecular weight excluding hydrogens is 604 g/mol. The number of hydrogen-bond acceptors (Lipinski definition) is 6. The molecule has 0 saturated carbocycles. The average Bonchev–Trinajstić information content (AvgIpc) is 3.16. The van der Waals surface area contributed by atoms with Gasteiger partial charge < -0.3 is 19.9 Å².